The minimum atomic E-state index is -0.739. The van der Waals surface area contributed by atoms with E-state index in [0.717, 1.165) is 24.8 Å². The lowest BCUT2D eigenvalue weighted by molar-refractivity contribution is -0.145. The summed E-state index contributed by atoms with van der Waals surface area (Å²) in [5, 5.41) is 9.50. The highest BCUT2D eigenvalue weighted by molar-refractivity contribution is 6.31. The highest BCUT2D eigenvalue weighted by atomic mass is 35.5. The lowest BCUT2D eigenvalue weighted by Gasteiger charge is -2.33. The molecule has 0 radical (unpaired) electrons. The minimum absolute atomic E-state index is 0.0468. The van der Waals surface area contributed by atoms with Gasteiger partial charge in [0, 0.05) is 0 Å². The van der Waals surface area contributed by atoms with Gasteiger partial charge < -0.3 is 5.11 Å². The number of hydrogen-bond acceptors (Lipinski definition) is 1. The predicted molar refractivity (Wildman–Crippen MR) is 77.4 cm³/mol. The largest absolute Gasteiger partial charge is 0.481 e. The van der Waals surface area contributed by atoms with Crippen LogP contribution in [0.25, 0.3) is 0 Å². The van der Waals surface area contributed by atoms with E-state index < -0.39 is 11.8 Å². The average Bonchev–Trinajstić information content (AvgIpc) is 2.43. The molecule has 3 unspecified atom stereocenters. The van der Waals surface area contributed by atoms with Gasteiger partial charge in [0.05, 0.1) is 10.9 Å². The van der Waals surface area contributed by atoms with Gasteiger partial charge in [-0.05, 0) is 49.1 Å². The number of halogens is 2. The van der Waals surface area contributed by atoms with Crippen LogP contribution in [0.2, 0.25) is 5.02 Å². The minimum Gasteiger partial charge on any atom is -0.481 e. The Morgan fingerprint density at radius 3 is 2.85 bits per heavy atom. The van der Waals surface area contributed by atoms with Crippen molar-refractivity contribution in [3.63, 3.8) is 0 Å². The first-order valence-corrected chi connectivity index (χ1v) is 7.56. The summed E-state index contributed by atoms with van der Waals surface area (Å²) >= 11 is 5.99. The fraction of sp³-hybridized carbons (Fsp3) is 0.562. The van der Waals surface area contributed by atoms with Gasteiger partial charge in [-0.2, -0.15) is 0 Å². The highest BCUT2D eigenvalue weighted by Gasteiger charge is 2.34. The second-order valence-electron chi connectivity index (χ2n) is 5.71. The molecule has 0 aliphatic heterocycles. The first-order chi connectivity index (χ1) is 9.52. The standard InChI is InChI=1S/C16H20ClFO2/c1-2-10-6-7-13(16(19)20)12(8-10)9-11-4-3-5-14(18)15(11)17/h3-5,10,12-13H,2,6-9H2,1H3,(H,19,20). The van der Waals surface area contributed by atoms with E-state index >= 15 is 0 Å². The third kappa shape index (κ3) is 3.32. The Kier molecular flexibility index (Phi) is 5.03. The van der Waals surface area contributed by atoms with Crippen LogP contribution in [0.3, 0.4) is 0 Å². The van der Waals surface area contributed by atoms with E-state index in [4.69, 9.17) is 11.6 Å². The Morgan fingerprint density at radius 2 is 2.20 bits per heavy atom. The smallest absolute Gasteiger partial charge is 0.306 e. The molecule has 110 valence electrons. The monoisotopic (exact) mass is 298 g/mol. The van der Waals surface area contributed by atoms with Gasteiger partial charge in [0.15, 0.2) is 0 Å². The maximum atomic E-state index is 13.5. The number of carbonyl (C=O) groups is 1. The van der Waals surface area contributed by atoms with E-state index in [1.54, 1.807) is 12.1 Å². The van der Waals surface area contributed by atoms with Crippen LogP contribution in [0.5, 0.6) is 0 Å². The summed E-state index contributed by atoms with van der Waals surface area (Å²) in [6, 6.07) is 4.75. The van der Waals surface area contributed by atoms with Crippen molar-refractivity contribution in [3.05, 3.63) is 34.6 Å². The molecule has 1 aromatic carbocycles. The molecule has 0 spiro atoms. The lowest BCUT2D eigenvalue weighted by atomic mass is 9.71. The Bertz CT molecular complexity index is 489. The summed E-state index contributed by atoms with van der Waals surface area (Å²) < 4.78 is 13.5. The van der Waals surface area contributed by atoms with Crippen LogP contribution in [0.1, 0.15) is 38.2 Å². The molecule has 0 amide bonds. The van der Waals surface area contributed by atoms with Crippen LogP contribution in [-0.2, 0) is 11.2 Å². The molecule has 1 aromatic rings. The number of benzene rings is 1. The highest BCUT2D eigenvalue weighted by Crippen LogP contribution is 2.38. The van der Waals surface area contributed by atoms with Crippen LogP contribution in [0, 0.1) is 23.6 Å². The van der Waals surface area contributed by atoms with Crippen LogP contribution >= 0.6 is 11.6 Å². The summed E-state index contributed by atoms with van der Waals surface area (Å²) in [4.78, 5) is 11.4. The number of hydrogen-bond donors (Lipinski definition) is 1. The van der Waals surface area contributed by atoms with Gasteiger partial charge in [0.2, 0.25) is 0 Å². The molecular formula is C16H20ClFO2. The molecule has 1 aliphatic rings. The van der Waals surface area contributed by atoms with Crippen LogP contribution < -0.4 is 0 Å². The zero-order valence-corrected chi connectivity index (χ0v) is 12.4. The lowest BCUT2D eigenvalue weighted by Crippen LogP contribution is -2.32. The number of carboxylic acids is 1. The van der Waals surface area contributed by atoms with Gasteiger partial charge in [-0.1, -0.05) is 37.1 Å². The van der Waals surface area contributed by atoms with Gasteiger partial charge in [-0.25, -0.2) is 4.39 Å². The molecule has 20 heavy (non-hydrogen) atoms. The van der Waals surface area contributed by atoms with E-state index in [0.29, 0.717) is 18.8 Å². The van der Waals surface area contributed by atoms with E-state index in [1.807, 2.05) is 0 Å². The van der Waals surface area contributed by atoms with E-state index in [9.17, 15) is 14.3 Å². The summed E-state index contributed by atoms with van der Waals surface area (Å²) in [7, 11) is 0. The predicted octanol–water partition coefficient (Wildman–Crippen LogP) is 4.55. The van der Waals surface area contributed by atoms with E-state index in [2.05, 4.69) is 6.92 Å². The second kappa shape index (κ2) is 6.57. The zero-order valence-electron chi connectivity index (χ0n) is 11.6. The molecule has 3 atom stereocenters. The molecular weight excluding hydrogens is 279 g/mol. The average molecular weight is 299 g/mol. The van der Waals surface area contributed by atoms with E-state index in [1.165, 1.54) is 6.07 Å². The third-order valence-corrected chi connectivity index (χ3v) is 4.92. The molecule has 1 saturated carbocycles. The maximum absolute atomic E-state index is 13.5. The van der Waals surface area contributed by atoms with Crippen molar-refractivity contribution in [2.75, 3.05) is 0 Å². The Balaban J connectivity index is 2.18. The molecule has 0 bridgehead atoms. The Hall–Kier alpha value is -1.09. The topological polar surface area (TPSA) is 37.3 Å². The number of carboxylic acid groups (broad SMARTS) is 1. The summed E-state index contributed by atoms with van der Waals surface area (Å²) in [6.45, 7) is 2.14. The first-order valence-electron chi connectivity index (χ1n) is 7.18. The van der Waals surface area contributed by atoms with Crippen molar-refractivity contribution in [1.29, 1.82) is 0 Å². The van der Waals surface area contributed by atoms with Crippen LogP contribution in [0.4, 0.5) is 4.39 Å². The zero-order chi connectivity index (χ0) is 14.7. The summed E-state index contributed by atoms with van der Waals surface area (Å²) in [5.41, 5.74) is 0.722. The number of rotatable bonds is 4. The van der Waals surface area contributed by atoms with Crippen LogP contribution in [0.15, 0.2) is 18.2 Å². The number of aliphatic carboxylic acids is 1. The van der Waals surface area contributed by atoms with Crippen molar-refractivity contribution in [2.45, 2.75) is 39.0 Å². The van der Waals surface area contributed by atoms with Gasteiger partial charge in [-0.3, -0.25) is 4.79 Å². The molecule has 2 rings (SSSR count). The summed E-state index contributed by atoms with van der Waals surface area (Å²) in [5.74, 6) is -0.887. The second-order valence-corrected chi connectivity index (χ2v) is 6.09. The van der Waals surface area contributed by atoms with Crippen molar-refractivity contribution in [3.8, 4) is 0 Å². The molecule has 0 heterocycles. The van der Waals surface area contributed by atoms with Crippen molar-refractivity contribution in [1.82, 2.24) is 0 Å². The third-order valence-electron chi connectivity index (χ3n) is 4.50. The molecule has 1 N–H and O–H groups in total. The Labute approximate surface area is 123 Å². The van der Waals surface area contributed by atoms with Gasteiger partial charge in [0.1, 0.15) is 5.82 Å². The van der Waals surface area contributed by atoms with Crippen LogP contribution in [-0.4, -0.2) is 11.1 Å². The fourth-order valence-electron chi connectivity index (χ4n) is 3.27. The van der Waals surface area contributed by atoms with Crippen molar-refractivity contribution >= 4 is 17.6 Å². The normalized spacial score (nSPS) is 26.4. The Morgan fingerprint density at radius 1 is 1.45 bits per heavy atom. The molecule has 2 nitrogen and oxygen atoms in total. The fourth-order valence-corrected chi connectivity index (χ4v) is 3.47. The molecule has 0 saturated heterocycles. The molecule has 1 aliphatic carbocycles. The summed E-state index contributed by atoms with van der Waals surface area (Å²) in [6.07, 6.45) is 4.19. The molecule has 4 heteroatoms. The molecule has 1 fully saturated rings. The van der Waals surface area contributed by atoms with E-state index in [-0.39, 0.29) is 16.9 Å². The van der Waals surface area contributed by atoms with Gasteiger partial charge in [-0.15, -0.1) is 0 Å². The maximum Gasteiger partial charge on any atom is 0.306 e. The van der Waals surface area contributed by atoms with Crippen molar-refractivity contribution < 1.29 is 14.3 Å². The van der Waals surface area contributed by atoms with Gasteiger partial charge in [0.25, 0.3) is 0 Å². The van der Waals surface area contributed by atoms with Gasteiger partial charge >= 0.3 is 5.97 Å². The quantitative estimate of drug-likeness (QED) is 0.885. The first kappa shape index (κ1) is 15.3. The molecule has 0 aromatic heterocycles. The van der Waals surface area contributed by atoms with Crippen molar-refractivity contribution in [2.24, 2.45) is 17.8 Å². The SMILES string of the molecule is CCC1CCC(C(=O)O)C(Cc2cccc(F)c2Cl)C1.